The van der Waals surface area contributed by atoms with E-state index in [1.807, 2.05) is 86.6 Å². The number of nitriles is 2. The van der Waals surface area contributed by atoms with Crippen molar-refractivity contribution in [2.75, 3.05) is 12.9 Å². The number of rotatable bonds is 6. The summed E-state index contributed by atoms with van der Waals surface area (Å²) in [5, 5.41) is 23.4. The molecule has 0 aromatic heterocycles. The summed E-state index contributed by atoms with van der Waals surface area (Å²) in [6, 6.07) is 27.6. The van der Waals surface area contributed by atoms with Gasteiger partial charge in [0.05, 0.1) is 30.7 Å². The summed E-state index contributed by atoms with van der Waals surface area (Å²) >= 11 is 1.36. The zero-order valence-electron chi connectivity index (χ0n) is 21.9. The van der Waals surface area contributed by atoms with Crippen LogP contribution >= 0.6 is 11.8 Å². The minimum absolute atomic E-state index is 0.0313. The zero-order valence-corrected chi connectivity index (χ0v) is 22.7. The maximum absolute atomic E-state index is 14.5. The summed E-state index contributed by atoms with van der Waals surface area (Å²) in [5.74, 6) is -2.34. The number of amides is 1. The van der Waals surface area contributed by atoms with E-state index < -0.39 is 28.7 Å². The summed E-state index contributed by atoms with van der Waals surface area (Å²) in [6.07, 6.45) is 3.28. The number of allylic oxidation sites excluding steroid dienone is 2. The predicted octanol–water partition coefficient (Wildman–Crippen LogP) is 5.98. The molecule has 7 heteroatoms. The summed E-state index contributed by atoms with van der Waals surface area (Å²) in [5.41, 5.74) is -2.02. The van der Waals surface area contributed by atoms with Crippen LogP contribution in [0.4, 0.5) is 0 Å². The van der Waals surface area contributed by atoms with Crippen LogP contribution in [0.1, 0.15) is 25.3 Å². The summed E-state index contributed by atoms with van der Waals surface area (Å²) in [6.45, 7) is 3.89. The van der Waals surface area contributed by atoms with Crippen molar-refractivity contribution in [2.45, 2.75) is 30.2 Å². The van der Waals surface area contributed by atoms with E-state index in [1.54, 1.807) is 12.3 Å². The Morgan fingerprint density at radius 1 is 1.05 bits per heavy atom. The fraction of sp³-hybridized carbons (Fsp3) is 0.250. The predicted molar refractivity (Wildman–Crippen MR) is 150 cm³/mol. The van der Waals surface area contributed by atoms with Crippen molar-refractivity contribution >= 4 is 34.4 Å². The Bertz CT molecular complexity index is 1610. The Labute approximate surface area is 232 Å². The monoisotopic (exact) mass is 533 g/mol. The minimum Gasteiger partial charge on any atom is -0.468 e. The molecule has 1 fully saturated rings. The first-order chi connectivity index (χ1) is 18.8. The third-order valence-electron chi connectivity index (χ3n) is 7.73. The van der Waals surface area contributed by atoms with Crippen molar-refractivity contribution in [3.63, 3.8) is 0 Å². The Hall–Kier alpha value is -4.33. The highest BCUT2D eigenvalue weighted by molar-refractivity contribution is 7.99. The van der Waals surface area contributed by atoms with E-state index in [4.69, 9.17) is 4.74 Å². The van der Waals surface area contributed by atoms with Crippen molar-refractivity contribution in [1.82, 2.24) is 4.90 Å². The first-order valence-corrected chi connectivity index (χ1v) is 13.7. The summed E-state index contributed by atoms with van der Waals surface area (Å²) in [7, 11) is 1.26. The molecule has 0 N–H and O–H groups in total. The summed E-state index contributed by atoms with van der Waals surface area (Å²) < 4.78 is 5.34. The van der Waals surface area contributed by atoms with Crippen LogP contribution in [-0.4, -0.2) is 35.2 Å². The van der Waals surface area contributed by atoms with Crippen molar-refractivity contribution < 1.29 is 14.3 Å². The molecule has 0 unspecified atom stereocenters. The van der Waals surface area contributed by atoms with Crippen LogP contribution in [0.25, 0.3) is 10.8 Å². The number of hydrogen-bond acceptors (Lipinski definition) is 6. The van der Waals surface area contributed by atoms with Gasteiger partial charge < -0.3 is 4.74 Å². The molecular formula is C32H27N3O3S. The highest BCUT2D eigenvalue weighted by Gasteiger charge is 2.73. The maximum Gasteiger partial charge on any atom is 0.323 e. The van der Waals surface area contributed by atoms with Crippen LogP contribution < -0.4 is 0 Å². The Morgan fingerprint density at radius 2 is 1.74 bits per heavy atom. The van der Waals surface area contributed by atoms with Gasteiger partial charge in [0.1, 0.15) is 0 Å². The molecule has 3 aromatic carbocycles. The topological polar surface area (TPSA) is 94.2 Å². The minimum atomic E-state index is -1.77. The van der Waals surface area contributed by atoms with E-state index in [9.17, 15) is 20.1 Å². The van der Waals surface area contributed by atoms with Gasteiger partial charge in [0, 0.05) is 16.8 Å². The Balaban J connectivity index is 1.84. The molecule has 39 heavy (non-hydrogen) atoms. The van der Waals surface area contributed by atoms with Gasteiger partial charge in [0.25, 0.3) is 0 Å². The van der Waals surface area contributed by atoms with Gasteiger partial charge in [-0.15, -0.1) is 11.8 Å². The number of methoxy groups -OCH3 is 1. The molecular weight excluding hydrogens is 506 g/mol. The molecule has 1 saturated heterocycles. The molecule has 0 bridgehead atoms. The maximum atomic E-state index is 14.5. The van der Waals surface area contributed by atoms with E-state index in [0.717, 1.165) is 15.7 Å². The number of hydrogen-bond donors (Lipinski definition) is 0. The number of carbonyl (C=O) groups is 2. The third-order valence-corrected chi connectivity index (χ3v) is 8.94. The van der Waals surface area contributed by atoms with Gasteiger partial charge in [-0.1, -0.05) is 74.5 Å². The standard InChI is InChI=1S/C32H27N3O3S/c1-21(2)26-15-16-35-29(36)31(30(37)38-3,20-39-25-11-5-4-6-12-25)28(32(35,19-34)27(26)18-33)24-14-13-22-9-7-8-10-23(22)17-24/h4-17,21,28H,20H2,1-3H3/t28-,31-,32+/m1/s1. The molecule has 0 spiro atoms. The number of fused-ring (bicyclic) bond motifs is 2. The fourth-order valence-electron chi connectivity index (χ4n) is 5.93. The van der Waals surface area contributed by atoms with Gasteiger partial charge in [-0.2, -0.15) is 10.5 Å². The molecule has 5 rings (SSSR count). The summed E-state index contributed by atoms with van der Waals surface area (Å²) in [4.78, 5) is 30.6. The Morgan fingerprint density at radius 3 is 2.38 bits per heavy atom. The van der Waals surface area contributed by atoms with E-state index in [0.29, 0.717) is 11.1 Å². The Kier molecular flexibility index (Phi) is 6.80. The molecule has 3 atom stereocenters. The van der Waals surface area contributed by atoms with Crippen LogP contribution in [0.2, 0.25) is 0 Å². The van der Waals surface area contributed by atoms with Gasteiger partial charge in [-0.25, -0.2) is 0 Å². The lowest BCUT2D eigenvalue weighted by Gasteiger charge is -2.39. The van der Waals surface area contributed by atoms with Crippen molar-refractivity contribution in [3.05, 3.63) is 102 Å². The van der Waals surface area contributed by atoms with Crippen LogP contribution in [0.15, 0.2) is 101 Å². The largest absolute Gasteiger partial charge is 0.468 e. The molecule has 2 aliphatic heterocycles. The molecule has 2 aliphatic rings. The number of nitrogens with zero attached hydrogens (tertiary/aromatic N) is 3. The fourth-order valence-corrected chi connectivity index (χ4v) is 7.08. The first kappa shape index (κ1) is 26.3. The average molecular weight is 534 g/mol. The molecule has 6 nitrogen and oxygen atoms in total. The second kappa shape index (κ2) is 10.1. The smallest absolute Gasteiger partial charge is 0.323 e. The zero-order chi connectivity index (χ0) is 27.8. The van der Waals surface area contributed by atoms with Crippen LogP contribution in [0.5, 0.6) is 0 Å². The first-order valence-electron chi connectivity index (χ1n) is 12.7. The van der Waals surface area contributed by atoms with E-state index >= 15 is 0 Å². The lowest BCUT2D eigenvalue weighted by atomic mass is 9.63. The van der Waals surface area contributed by atoms with Crippen LogP contribution in [-0.2, 0) is 14.3 Å². The second-order valence-corrected chi connectivity index (χ2v) is 11.1. The van der Waals surface area contributed by atoms with Gasteiger partial charge >= 0.3 is 5.97 Å². The number of carbonyl (C=O) groups excluding carboxylic acids is 2. The molecule has 3 aromatic rings. The van der Waals surface area contributed by atoms with Crippen molar-refractivity contribution in [3.8, 4) is 12.1 Å². The average Bonchev–Trinajstić information content (AvgIpc) is 3.20. The van der Waals surface area contributed by atoms with E-state index in [1.165, 1.54) is 23.8 Å². The van der Waals surface area contributed by atoms with Crippen LogP contribution in [0.3, 0.4) is 0 Å². The van der Waals surface area contributed by atoms with Gasteiger partial charge in [-0.3, -0.25) is 14.5 Å². The number of thioether (sulfide) groups is 1. The molecule has 0 saturated carbocycles. The van der Waals surface area contributed by atoms with Crippen LogP contribution in [0, 0.1) is 34.0 Å². The quantitative estimate of drug-likeness (QED) is 0.220. The number of esters is 1. The second-order valence-electron chi connectivity index (χ2n) is 10.1. The highest BCUT2D eigenvalue weighted by Crippen LogP contribution is 2.60. The van der Waals surface area contributed by atoms with E-state index in [2.05, 4.69) is 12.1 Å². The molecule has 1 amide bonds. The molecule has 0 aliphatic carbocycles. The lowest BCUT2D eigenvalue weighted by molar-refractivity contribution is -0.157. The SMILES string of the molecule is COC(=O)[C@@]1(CSc2ccccc2)C(=O)N2C=CC(C(C)C)=C(C#N)[C@@]2(C#N)[C@@H]1c1ccc2ccccc2c1. The third kappa shape index (κ3) is 3.85. The van der Waals surface area contributed by atoms with Crippen molar-refractivity contribution in [1.29, 1.82) is 10.5 Å². The molecule has 194 valence electrons. The lowest BCUT2D eigenvalue weighted by Crippen LogP contribution is -2.49. The number of benzene rings is 3. The van der Waals surface area contributed by atoms with Gasteiger partial charge in [-0.05, 0) is 46.0 Å². The number of ether oxygens (including phenoxy) is 1. The molecule has 2 heterocycles. The normalized spacial score (nSPS) is 24.0. The van der Waals surface area contributed by atoms with E-state index in [-0.39, 0.29) is 17.2 Å². The van der Waals surface area contributed by atoms with Crippen molar-refractivity contribution in [2.24, 2.45) is 11.3 Å². The molecule has 0 radical (unpaired) electrons. The van der Waals surface area contributed by atoms with Gasteiger partial charge in [0.15, 0.2) is 11.0 Å². The highest BCUT2D eigenvalue weighted by atomic mass is 32.2. The van der Waals surface area contributed by atoms with Gasteiger partial charge in [0.2, 0.25) is 5.91 Å².